The van der Waals surface area contributed by atoms with E-state index < -0.39 is 0 Å². The number of hydrogen-bond donors (Lipinski definition) is 1. The van der Waals surface area contributed by atoms with Gasteiger partial charge in [-0.15, -0.1) is 11.3 Å². The van der Waals surface area contributed by atoms with Crippen LogP contribution in [0.3, 0.4) is 0 Å². The van der Waals surface area contributed by atoms with Gasteiger partial charge >= 0.3 is 0 Å². The van der Waals surface area contributed by atoms with Crippen LogP contribution in [-0.2, 0) is 0 Å². The predicted molar refractivity (Wildman–Crippen MR) is 74.7 cm³/mol. The molecule has 0 bridgehead atoms. The molecule has 0 saturated carbocycles. The maximum Gasteiger partial charge on any atom is 0.145 e. The lowest BCUT2D eigenvalue weighted by atomic mass is 10.2. The van der Waals surface area contributed by atoms with Gasteiger partial charge in [-0.2, -0.15) is 0 Å². The van der Waals surface area contributed by atoms with Gasteiger partial charge in [-0.3, -0.25) is 0 Å². The Morgan fingerprint density at radius 1 is 1.28 bits per heavy atom. The van der Waals surface area contributed by atoms with E-state index in [0.717, 1.165) is 20.7 Å². The van der Waals surface area contributed by atoms with Crippen LogP contribution in [0.1, 0.15) is 11.0 Å². The molecule has 2 aromatic rings. The number of ether oxygens (including phenoxy) is 2. The van der Waals surface area contributed by atoms with Gasteiger partial charge in [-0.25, -0.2) is 0 Å². The van der Waals surface area contributed by atoms with Crippen molar-refractivity contribution in [1.82, 2.24) is 0 Å². The van der Waals surface area contributed by atoms with Crippen LogP contribution in [0.25, 0.3) is 0 Å². The summed E-state index contributed by atoms with van der Waals surface area (Å²) in [6.45, 7) is 0.397. The zero-order valence-electron chi connectivity index (χ0n) is 9.93. The molecule has 0 radical (unpaired) electrons. The first-order valence-corrected chi connectivity index (χ1v) is 6.68. The third-order valence-electron chi connectivity index (χ3n) is 2.44. The molecule has 2 rings (SSSR count). The Hall–Kier alpha value is -1.23. The van der Waals surface area contributed by atoms with E-state index in [-0.39, 0.29) is 6.10 Å². The maximum atomic E-state index is 5.91. The van der Waals surface area contributed by atoms with Gasteiger partial charge in [0.2, 0.25) is 0 Å². The highest BCUT2D eigenvalue weighted by Gasteiger charge is 2.14. The quantitative estimate of drug-likeness (QED) is 0.913. The molecule has 1 aromatic heterocycles. The Bertz CT molecular complexity index is 515. The summed E-state index contributed by atoms with van der Waals surface area (Å²) in [7, 11) is 1.62. The molecule has 1 heterocycles. The first-order valence-electron chi connectivity index (χ1n) is 5.49. The van der Waals surface area contributed by atoms with Gasteiger partial charge in [0.25, 0.3) is 0 Å². The lowest BCUT2D eigenvalue weighted by Gasteiger charge is -2.16. The van der Waals surface area contributed by atoms with Gasteiger partial charge in [0, 0.05) is 17.5 Å². The third-order valence-corrected chi connectivity index (χ3v) is 3.77. The number of nitrogens with two attached hydrogens (primary N) is 1. The van der Waals surface area contributed by atoms with Gasteiger partial charge in [-0.1, -0.05) is 17.7 Å². The number of rotatable bonds is 5. The Labute approximate surface area is 115 Å². The van der Waals surface area contributed by atoms with E-state index in [1.807, 2.05) is 36.4 Å². The molecule has 96 valence electrons. The fourth-order valence-corrected chi connectivity index (χ4v) is 2.67. The molecule has 0 aliphatic heterocycles. The maximum absolute atomic E-state index is 5.91. The van der Waals surface area contributed by atoms with Crippen LogP contribution in [0.5, 0.6) is 11.5 Å². The van der Waals surface area contributed by atoms with Gasteiger partial charge in [0.05, 0.1) is 11.4 Å². The van der Waals surface area contributed by atoms with Crippen molar-refractivity contribution >= 4 is 22.9 Å². The number of thiophene rings is 1. The minimum absolute atomic E-state index is 0.186. The van der Waals surface area contributed by atoms with E-state index in [2.05, 4.69) is 0 Å². The summed E-state index contributed by atoms with van der Waals surface area (Å²) in [6.07, 6.45) is -0.186. The van der Waals surface area contributed by atoms with Crippen LogP contribution in [0.4, 0.5) is 0 Å². The van der Waals surface area contributed by atoms with E-state index >= 15 is 0 Å². The van der Waals surface area contributed by atoms with E-state index in [1.54, 1.807) is 7.11 Å². The van der Waals surface area contributed by atoms with Crippen LogP contribution in [0.2, 0.25) is 4.34 Å². The molecule has 0 saturated heterocycles. The Morgan fingerprint density at radius 2 is 2.06 bits per heavy atom. The lowest BCUT2D eigenvalue weighted by molar-refractivity contribution is 0.217. The fraction of sp³-hybridized carbons (Fsp3) is 0.231. The summed E-state index contributed by atoms with van der Waals surface area (Å²) in [5.41, 5.74) is 5.74. The van der Waals surface area contributed by atoms with Crippen molar-refractivity contribution in [3.8, 4) is 11.5 Å². The minimum Gasteiger partial charge on any atom is -0.497 e. The highest BCUT2D eigenvalue weighted by Crippen LogP contribution is 2.30. The molecule has 0 aliphatic rings. The summed E-state index contributed by atoms with van der Waals surface area (Å²) in [4.78, 5) is 1.02. The average Bonchev–Trinajstić information content (AvgIpc) is 2.82. The normalized spacial score (nSPS) is 12.2. The smallest absolute Gasteiger partial charge is 0.145 e. The van der Waals surface area contributed by atoms with Gasteiger partial charge in [0.15, 0.2) is 0 Å². The topological polar surface area (TPSA) is 44.5 Å². The molecule has 0 spiro atoms. The van der Waals surface area contributed by atoms with Crippen molar-refractivity contribution in [2.45, 2.75) is 6.10 Å². The second kappa shape index (κ2) is 6.09. The zero-order chi connectivity index (χ0) is 13.0. The Balaban J connectivity index is 2.14. The minimum atomic E-state index is -0.186. The summed E-state index contributed by atoms with van der Waals surface area (Å²) in [5.74, 6) is 1.49. The van der Waals surface area contributed by atoms with E-state index in [1.165, 1.54) is 11.3 Å². The molecule has 0 amide bonds. The van der Waals surface area contributed by atoms with Gasteiger partial charge < -0.3 is 15.2 Å². The molecule has 3 nitrogen and oxygen atoms in total. The molecule has 18 heavy (non-hydrogen) atoms. The Morgan fingerprint density at radius 3 is 2.67 bits per heavy atom. The molecule has 0 fully saturated rings. The van der Waals surface area contributed by atoms with Crippen LogP contribution in [0, 0.1) is 0 Å². The SMILES string of the molecule is COc1cccc(OC(CN)c2ccc(Cl)s2)c1. The van der Waals surface area contributed by atoms with Crippen LogP contribution in [-0.4, -0.2) is 13.7 Å². The van der Waals surface area contributed by atoms with Crippen molar-refractivity contribution < 1.29 is 9.47 Å². The highest BCUT2D eigenvalue weighted by molar-refractivity contribution is 7.16. The second-order valence-electron chi connectivity index (χ2n) is 3.66. The number of hydrogen-bond acceptors (Lipinski definition) is 4. The van der Waals surface area contributed by atoms with E-state index in [9.17, 15) is 0 Å². The Kier molecular flexibility index (Phi) is 4.47. The molecular formula is C13H14ClNO2S. The van der Waals surface area contributed by atoms with Crippen molar-refractivity contribution in [1.29, 1.82) is 0 Å². The van der Waals surface area contributed by atoms with Gasteiger partial charge in [-0.05, 0) is 24.3 Å². The summed E-state index contributed by atoms with van der Waals surface area (Å²) in [5, 5.41) is 0. The largest absolute Gasteiger partial charge is 0.497 e. The highest BCUT2D eigenvalue weighted by atomic mass is 35.5. The standard InChI is InChI=1S/C13H14ClNO2S/c1-16-9-3-2-4-10(7-9)17-11(8-15)12-5-6-13(14)18-12/h2-7,11H,8,15H2,1H3. The molecule has 1 aromatic carbocycles. The molecule has 5 heteroatoms. The first kappa shape index (κ1) is 13.2. The zero-order valence-corrected chi connectivity index (χ0v) is 11.5. The summed E-state index contributed by atoms with van der Waals surface area (Å²) < 4.78 is 11.7. The second-order valence-corrected chi connectivity index (χ2v) is 5.41. The van der Waals surface area contributed by atoms with E-state index in [0.29, 0.717) is 6.54 Å². The molecule has 2 N–H and O–H groups in total. The monoisotopic (exact) mass is 283 g/mol. The molecular weight excluding hydrogens is 270 g/mol. The molecule has 0 aliphatic carbocycles. The fourth-order valence-electron chi connectivity index (χ4n) is 1.56. The molecule has 1 atom stereocenters. The van der Waals surface area contributed by atoms with E-state index in [4.69, 9.17) is 26.8 Å². The predicted octanol–water partition coefficient (Wildman–Crippen LogP) is 3.49. The number of benzene rings is 1. The van der Waals surface area contributed by atoms with Crippen LogP contribution in [0.15, 0.2) is 36.4 Å². The summed E-state index contributed by atoms with van der Waals surface area (Å²) >= 11 is 7.39. The van der Waals surface area contributed by atoms with Gasteiger partial charge in [0.1, 0.15) is 17.6 Å². The van der Waals surface area contributed by atoms with Crippen molar-refractivity contribution in [2.24, 2.45) is 5.73 Å². The lowest BCUT2D eigenvalue weighted by Crippen LogP contribution is -2.17. The van der Waals surface area contributed by atoms with Crippen LogP contribution >= 0.6 is 22.9 Å². The number of halogens is 1. The number of methoxy groups -OCH3 is 1. The van der Waals surface area contributed by atoms with Crippen molar-refractivity contribution in [3.63, 3.8) is 0 Å². The van der Waals surface area contributed by atoms with Crippen LogP contribution < -0.4 is 15.2 Å². The molecule has 1 unspecified atom stereocenters. The summed E-state index contributed by atoms with van der Waals surface area (Å²) in [6, 6.07) is 11.2. The van der Waals surface area contributed by atoms with Crippen molar-refractivity contribution in [3.05, 3.63) is 45.6 Å². The average molecular weight is 284 g/mol. The van der Waals surface area contributed by atoms with Crippen molar-refractivity contribution in [2.75, 3.05) is 13.7 Å². The third kappa shape index (κ3) is 3.16. The first-order chi connectivity index (χ1) is 8.72.